The van der Waals surface area contributed by atoms with Crippen molar-refractivity contribution in [1.29, 1.82) is 0 Å². The molecule has 1 nitrogen and oxygen atoms in total. The molecule has 1 aliphatic carbocycles. The summed E-state index contributed by atoms with van der Waals surface area (Å²) < 4.78 is 0. The van der Waals surface area contributed by atoms with Crippen molar-refractivity contribution in [2.24, 2.45) is 11.8 Å². The summed E-state index contributed by atoms with van der Waals surface area (Å²) in [5.41, 5.74) is 0. The molecule has 0 aromatic heterocycles. The Bertz CT molecular complexity index is 148. The third kappa shape index (κ3) is 1.73. The lowest BCUT2D eigenvalue weighted by molar-refractivity contribution is 0.443. The highest BCUT2D eigenvalue weighted by Crippen LogP contribution is 2.32. The molecule has 2 aliphatic rings. The molecule has 64 valence electrons. The van der Waals surface area contributed by atoms with Gasteiger partial charge in [-0.05, 0) is 24.0 Å². The van der Waals surface area contributed by atoms with E-state index in [9.17, 15) is 0 Å². The minimum Gasteiger partial charge on any atom is -0.310 e. The standard InChI is InChI=1S/C9H17NS/c1-6-3-8(6)10-9-5-11-4-7(9)2/h6-10H,3-5H2,1-2H3. The molecule has 1 aliphatic heterocycles. The predicted molar refractivity (Wildman–Crippen MR) is 51.0 cm³/mol. The molecular formula is C9H17NS. The summed E-state index contributed by atoms with van der Waals surface area (Å²) in [6.45, 7) is 4.70. The van der Waals surface area contributed by atoms with E-state index in [0.717, 1.165) is 23.9 Å². The van der Waals surface area contributed by atoms with Crippen molar-refractivity contribution in [3.63, 3.8) is 0 Å². The Labute approximate surface area is 73.3 Å². The Morgan fingerprint density at radius 3 is 2.27 bits per heavy atom. The summed E-state index contributed by atoms with van der Waals surface area (Å²) in [4.78, 5) is 0. The lowest BCUT2D eigenvalue weighted by atomic mass is 10.1. The van der Waals surface area contributed by atoms with Gasteiger partial charge in [0.15, 0.2) is 0 Å². The van der Waals surface area contributed by atoms with Crippen LogP contribution in [0.3, 0.4) is 0 Å². The van der Waals surface area contributed by atoms with Gasteiger partial charge in [-0.1, -0.05) is 13.8 Å². The maximum atomic E-state index is 3.73. The molecule has 0 aromatic rings. The van der Waals surface area contributed by atoms with Gasteiger partial charge in [0.05, 0.1) is 0 Å². The van der Waals surface area contributed by atoms with Crippen molar-refractivity contribution in [3.8, 4) is 0 Å². The normalized spacial score (nSPS) is 49.6. The van der Waals surface area contributed by atoms with Gasteiger partial charge >= 0.3 is 0 Å². The smallest absolute Gasteiger partial charge is 0.0194 e. The minimum absolute atomic E-state index is 0.815. The van der Waals surface area contributed by atoms with E-state index in [1.165, 1.54) is 17.9 Å². The summed E-state index contributed by atoms with van der Waals surface area (Å²) in [7, 11) is 0. The van der Waals surface area contributed by atoms with Crippen molar-refractivity contribution in [3.05, 3.63) is 0 Å². The molecule has 4 atom stereocenters. The molecule has 0 spiro atoms. The van der Waals surface area contributed by atoms with E-state index in [2.05, 4.69) is 30.9 Å². The number of thioether (sulfide) groups is 1. The third-order valence-electron chi connectivity index (χ3n) is 2.90. The molecule has 1 saturated carbocycles. The maximum Gasteiger partial charge on any atom is 0.0194 e. The van der Waals surface area contributed by atoms with Gasteiger partial charge in [0.2, 0.25) is 0 Å². The third-order valence-corrected chi connectivity index (χ3v) is 4.26. The molecule has 0 bridgehead atoms. The lowest BCUT2D eigenvalue weighted by Gasteiger charge is -2.15. The number of rotatable bonds is 2. The highest BCUT2D eigenvalue weighted by atomic mass is 32.2. The van der Waals surface area contributed by atoms with Gasteiger partial charge in [0, 0.05) is 17.8 Å². The summed E-state index contributed by atoms with van der Waals surface area (Å²) in [5, 5.41) is 3.73. The van der Waals surface area contributed by atoms with Crippen molar-refractivity contribution >= 4 is 11.8 Å². The van der Waals surface area contributed by atoms with Gasteiger partial charge in [-0.2, -0.15) is 11.8 Å². The first-order valence-electron chi connectivity index (χ1n) is 4.61. The molecule has 1 saturated heterocycles. The molecular weight excluding hydrogens is 154 g/mol. The average Bonchev–Trinajstić information content (AvgIpc) is 2.48. The highest BCUT2D eigenvalue weighted by molar-refractivity contribution is 7.99. The van der Waals surface area contributed by atoms with E-state index < -0.39 is 0 Å². The zero-order valence-electron chi connectivity index (χ0n) is 7.34. The largest absolute Gasteiger partial charge is 0.310 e. The SMILES string of the molecule is CC1CSCC1NC1CC1C. The minimum atomic E-state index is 0.815. The fraction of sp³-hybridized carbons (Fsp3) is 1.00. The van der Waals surface area contributed by atoms with E-state index in [0.29, 0.717) is 0 Å². The Kier molecular flexibility index (Phi) is 2.15. The molecule has 1 heterocycles. The summed E-state index contributed by atoms with van der Waals surface area (Å²) in [6.07, 6.45) is 1.41. The van der Waals surface area contributed by atoms with Gasteiger partial charge < -0.3 is 5.32 Å². The van der Waals surface area contributed by atoms with E-state index in [-0.39, 0.29) is 0 Å². The van der Waals surface area contributed by atoms with Crippen molar-refractivity contribution in [2.45, 2.75) is 32.4 Å². The van der Waals surface area contributed by atoms with Crippen molar-refractivity contribution in [2.75, 3.05) is 11.5 Å². The van der Waals surface area contributed by atoms with E-state index >= 15 is 0 Å². The van der Waals surface area contributed by atoms with E-state index in [1.54, 1.807) is 0 Å². The van der Waals surface area contributed by atoms with Crippen LogP contribution in [0.1, 0.15) is 20.3 Å². The van der Waals surface area contributed by atoms with Crippen LogP contribution in [0.25, 0.3) is 0 Å². The van der Waals surface area contributed by atoms with Crippen LogP contribution in [0.15, 0.2) is 0 Å². The fourth-order valence-electron chi connectivity index (χ4n) is 1.70. The first-order valence-corrected chi connectivity index (χ1v) is 5.76. The molecule has 11 heavy (non-hydrogen) atoms. The Hall–Kier alpha value is 0.310. The number of hydrogen-bond donors (Lipinski definition) is 1. The second-order valence-corrected chi connectivity index (χ2v) is 5.18. The lowest BCUT2D eigenvalue weighted by Crippen LogP contribution is -2.36. The molecule has 0 amide bonds. The molecule has 4 unspecified atom stereocenters. The van der Waals surface area contributed by atoms with E-state index in [1.807, 2.05) is 0 Å². The van der Waals surface area contributed by atoms with Gasteiger partial charge in [-0.15, -0.1) is 0 Å². The van der Waals surface area contributed by atoms with Crippen LogP contribution in [0, 0.1) is 11.8 Å². The van der Waals surface area contributed by atoms with Crippen LogP contribution in [-0.2, 0) is 0 Å². The molecule has 2 fully saturated rings. The van der Waals surface area contributed by atoms with E-state index in [4.69, 9.17) is 0 Å². The molecule has 2 rings (SSSR count). The average molecular weight is 171 g/mol. The monoisotopic (exact) mass is 171 g/mol. The summed E-state index contributed by atoms with van der Waals surface area (Å²) in [6, 6.07) is 1.68. The van der Waals surface area contributed by atoms with Crippen LogP contribution in [0.5, 0.6) is 0 Å². The van der Waals surface area contributed by atoms with Crippen molar-refractivity contribution < 1.29 is 0 Å². The summed E-state index contributed by atoms with van der Waals surface area (Å²) >= 11 is 2.10. The topological polar surface area (TPSA) is 12.0 Å². The zero-order valence-corrected chi connectivity index (χ0v) is 8.16. The number of hydrogen-bond acceptors (Lipinski definition) is 2. The highest BCUT2D eigenvalue weighted by Gasteiger charge is 2.36. The Balaban J connectivity index is 1.77. The maximum absolute atomic E-state index is 3.73. The van der Waals surface area contributed by atoms with Crippen LogP contribution in [-0.4, -0.2) is 23.6 Å². The van der Waals surface area contributed by atoms with Gasteiger partial charge in [-0.25, -0.2) is 0 Å². The second kappa shape index (κ2) is 2.98. The first-order chi connectivity index (χ1) is 5.27. The van der Waals surface area contributed by atoms with Crippen LogP contribution in [0.4, 0.5) is 0 Å². The Morgan fingerprint density at radius 2 is 1.82 bits per heavy atom. The predicted octanol–water partition coefficient (Wildman–Crippen LogP) is 1.74. The fourth-order valence-corrected chi connectivity index (χ4v) is 3.12. The first kappa shape index (κ1) is 7.93. The van der Waals surface area contributed by atoms with Gasteiger partial charge in [-0.3, -0.25) is 0 Å². The zero-order chi connectivity index (χ0) is 7.84. The molecule has 0 radical (unpaired) electrons. The molecule has 1 N–H and O–H groups in total. The van der Waals surface area contributed by atoms with Crippen LogP contribution in [0.2, 0.25) is 0 Å². The van der Waals surface area contributed by atoms with Gasteiger partial charge in [0.1, 0.15) is 0 Å². The summed E-state index contributed by atoms with van der Waals surface area (Å²) in [5.74, 6) is 4.55. The quantitative estimate of drug-likeness (QED) is 0.679. The van der Waals surface area contributed by atoms with Crippen LogP contribution < -0.4 is 5.32 Å². The van der Waals surface area contributed by atoms with Gasteiger partial charge in [0.25, 0.3) is 0 Å². The molecule has 2 heteroatoms. The second-order valence-electron chi connectivity index (χ2n) is 4.11. The Morgan fingerprint density at radius 1 is 1.09 bits per heavy atom. The molecule has 0 aromatic carbocycles. The van der Waals surface area contributed by atoms with Crippen molar-refractivity contribution in [1.82, 2.24) is 5.32 Å². The van der Waals surface area contributed by atoms with Crippen LogP contribution >= 0.6 is 11.8 Å². The number of nitrogens with one attached hydrogen (secondary N) is 1.